The normalized spacial score (nSPS) is 10.1. The Hall–Kier alpha value is -2.11. The first kappa shape index (κ1) is 8.49. The van der Waals surface area contributed by atoms with Gasteiger partial charge in [0.05, 0.1) is 24.4 Å². The molecule has 0 aromatic carbocycles. The molecule has 6 nitrogen and oxygen atoms in total. The lowest BCUT2D eigenvalue weighted by Crippen LogP contribution is -2.14. The van der Waals surface area contributed by atoms with E-state index in [-0.39, 0.29) is 5.91 Å². The summed E-state index contributed by atoms with van der Waals surface area (Å²) in [6.07, 6.45) is 6.22. The van der Waals surface area contributed by atoms with Crippen molar-refractivity contribution in [1.29, 1.82) is 0 Å². The van der Waals surface area contributed by atoms with Crippen LogP contribution in [0, 0.1) is 0 Å². The molecular weight excluding hydrogens is 182 g/mol. The van der Waals surface area contributed by atoms with Gasteiger partial charge in [0.15, 0.2) is 0 Å². The summed E-state index contributed by atoms with van der Waals surface area (Å²) in [6, 6.07) is 0. The standard InChI is InChI=1S/C8H9N5O/c1-13-5-9-4-7(13)8(14)12-6-2-10-11-3-6/h2-5H,1H3,(H,10,11)(H,12,14). The predicted molar refractivity (Wildman–Crippen MR) is 49.7 cm³/mol. The summed E-state index contributed by atoms with van der Waals surface area (Å²) in [4.78, 5) is 15.4. The largest absolute Gasteiger partial charge is 0.330 e. The second kappa shape index (κ2) is 3.33. The van der Waals surface area contributed by atoms with E-state index in [1.165, 1.54) is 12.4 Å². The molecule has 0 fully saturated rings. The number of aromatic nitrogens is 4. The molecule has 0 aliphatic heterocycles. The first-order valence-electron chi connectivity index (χ1n) is 4.04. The Morgan fingerprint density at radius 3 is 3.00 bits per heavy atom. The van der Waals surface area contributed by atoms with Crippen molar-refractivity contribution < 1.29 is 4.79 Å². The maximum absolute atomic E-state index is 11.6. The highest BCUT2D eigenvalue weighted by Gasteiger charge is 2.09. The molecule has 0 unspecified atom stereocenters. The van der Waals surface area contributed by atoms with Gasteiger partial charge in [0.1, 0.15) is 5.69 Å². The molecule has 6 heteroatoms. The van der Waals surface area contributed by atoms with Crippen molar-refractivity contribution in [3.63, 3.8) is 0 Å². The van der Waals surface area contributed by atoms with Gasteiger partial charge < -0.3 is 9.88 Å². The molecule has 0 saturated carbocycles. The number of hydrogen-bond acceptors (Lipinski definition) is 3. The van der Waals surface area contributed by atoms with Gasteiger partial charge in [-0.1, -0.05) is 0 Å². The van der Waals surface area contributed by atoms with Gasteiger partial charge in [0, 0.05) is 13.2 Å². The van der Waals surface area contributed by atoms with E-state index in [1.54, 1.807) is 24.1 Å². The van der Waals surface area contributed by atoms with Crippen molar-refractivity contribution >= 4 is 11.6 Å². The molecule has 0 aliphatic rings. The van der Waals surface area contributed by atoms with Crippen molar-refractivity contribution in [3.05, 3.63) is 30.6 Å². The molecule has 2 aromatic rings. The minimum Gasteiger partial charge on any atom is -0.330 e. The van der Waals surface area contributed by atoms with Crippen LogP contribution in [0.3, 0.4) is 0 Å². The molecule has 0 saturated heterocycles. The van der Waals surface area contributed by atoms with E-state index in [0.717, 1.165) is 0 Å². The predicted octanol–water partition coefficient (Wildman–Crippen LogP) is 0.395. The number of hydrogen-bond donors (Lipinski definition) is 2. The van der Waals surface area contributed by atoms with Crippen LogP contribution in [0.1, 0.15) is 10.5 Å². The van der Waals surface area contributed by atoms with Crippen LogP contribution in [-0.2, 0) is 7.05 Å². The molecule has 14 heavy (non-hydrogen) atoms. The molecule has 2 aromatic heterocycles. The van der Waals surface area contributed by atoms with Crippen molar-refractivity contribution in [1.82, 2.24) is 19.7 Å². The monoisotopic (exact) mass is 191 g/mol. The molecule has 0 atom stereocenters. The molecule has 2 N–H and O–H groups in total. The van der Waals surface area contributed by atoms with E-state index >= 15 is 0 Å². The fourth-order valence-electron chi connectivity index (χ4n) is 1.09. The van der Waals surface area contributed by atoms with E-state index in [4.69, 9.17) is 0 Å². The highest BCUT2D eigenvalue weighted by molar-refractivity contribution is 6.02. The Kier molecular flexibility index (Phi) is 2.02. The topological polar surface area (TPSA) is 75.6 Å². The third kappa shape index (κ3) is 1.49. The van der Waals surface area contributed by atoms with Crippen LogP contribution >= 0.6 is 0 Å². The van der Waals surface area contributed by atoms with Gasteiger partial charge in [0.25, 0.3) is 5.91 Å². The Balaban J connectivity index is 2.14. The molecule has 72 valence electrons. The summed E-state index contributed by atoms with van der Waals surface area (Å²) >= 11 is 0. The smallest absolute Gasteiger partial charge is 0.274 e. The van der Waals surface area contributed by atoms with Crippen molar-refractivity contribution in [2.24, 2.45) is 7.05 Å². The summed E-state index contributed by atoms with van der Waals surface area (Å²) in [6.45, 7) is 0. The summed E-state index contributed by atoms with van der Waals surface area (Å²) in [5.74, 6) is -0.202. The van der Waals surface area contributed by atoms with E-state index in [2.05, 4.69) is 20.5 Å². The minimum absolute atomic E-state index is 0.202. The second-order valence-corrected chi connectivity index (χ2v) is 2.83. The second-order valence-electron chi connectivity index (χ2n) is 2.83. The average molecular weight is 191 g/mol. The lowest BCUT2D eigenvalue weighted by molar-refractivity contribution is 0.101. The molecule has 0 spiro atoms. The Labute approximate surface area is 80.0 Å². The molecule has 0 aliphatic carbocycles. The van der Waals surface area contributed by atoms with Gasteiger partial charge in [-0.05, 0) is 0 Å². The lowest BCUT2D eigenvalue weighted by Gasteiger charge is -2.01. The van der Waals surface area contributed by atoms with Crippen LogP contribution < -0.4 is 5.32 Å². The Bertz CT molecular complexity index is 430. The zero-order valence-corrected chi connectivity index (χ0v) is 7.56. The van der Waals surface area contributed by atoms with Crippen molar-refractivity contribution in [2.45, 2.75) is 0 Å². The summed E-state index contributed by atoms with van der Waals surface area (Å²) in [5, 5.41) is 9.00. The number of aryl methyl sites for hydroxylation is 1. The molecule has 2 heterocycles. The number of rotatable bonds is 2. The third-order valence-electron chi connectivity index (χ3n) is 1.81. The number of nitrogens with one attached hydrogen (secondary N) is 2. The SMILES string of the molecule is Cn1cncc1C(=O)Nc1cn[nH]c1. The van der Waals surface area contributed by atoms with Gasteiger partial charge >= 0.3 is 0 Å². The summed E-state index contributed by atoms with van der Waals surface area (Å²) in [5.41, 5.74) is 1.14. The number of imidazole rings is 1. The molecule has 0 bridgehead atoms. The summed E-state index contributed by atoms with van der Waals surface area (Å²) < 4.78 is 1.65. The maximum Gasteiger partial charge on any atom is 0.274 e. The van der Waals surface area contributed by atoms with Gasteiger partial charge in [-0.3, -0.25) is 9.89 Å². The first-order chi connectivity index (χ1) is 6.77. The molecule has 2 rings (SSSR count). The number of carbonyl (C=O) groups is 1. The van der Waals surface area contributed by atoms with E-state index in [9.17, 15) is 4.79 Å². The number of nitrogens with zero attached hydrogens (tertiary/aromatic N) is 3. The van der Waals surface area contributed by atoms with Gasteiger partial charge in [-0.2, -0.15) is 5.10 Å². The molecule has 0 radical (unpaired) electrons. The number of carbonyl (C=O) groups excluding carboxylic acids is 1. The fourth-order valence-corrected chi connectivity index (χ4v) is 1.09. The molecular formula is C8H9N5O. The Morgan fingerprint density at radius 2 is 2.43 bits per heavy atom. The lowest BCUT2D eigenvalue weighted by atomic mass is 10.4. The van der Waals surface area contributed by atoms with E-state index in [0.29, 0.717) is 11.4 Å². The number of amides is 1. The van der Waals surface area contributed by atoms with Gasteiger partial charge in [-0.15, -0.1) is 0 Å². The van der Waals surface area contributed by atoms with E-state index < -0.39 is 0 Å². The van der Waals surface area contributed by atoms with Crippen LogP contribution in [0.4, 0.5) is 5.69 Å². The van der Waals surface area contributed by atoms with Crippen LogP contribution in [0.2, 0.25) is 0 Å². The van der Waals surface area contributed by atoms with Gasteiger partial charge in [-0.25, -0.2) is 4.98 Å². The van der Waals surface area contributed by atoms with Gasteiger partial charge in [0.2, 0.25) is 0 Å². The number of H-pyrrole nitrogens is 1. The number of anilines is 1. The number of aromatic amines is 1. The van der Waals surface area contributed by atoms with Crippen LogP contribution in [0.25, 0.3) is 0 Å². The van der Waals surface area contributed by atoms with Crippen molar-refractivity contribution in [2.75, 3.05) is 5.32 Å². The minimum atomic E-state index is -0.202. The average Bonchev–Trinajstić information content (AvgIpc) is 2.75. The zero-order chi connectivity index (χ0) is 9.97. The van der Waals surface area contributed by atoms with Crippen molar-refractivity contribution in [3.8, 4) is 0 Å². The van der Waals surface area contributed by atoms with E-state index in [1.807, 2.05) is 0 Å². The zero-order valence-electron chi connectivity index (χ0n) is 7.56. The van der Waals surface area contributed by atoms with Crippen LogP contribution in [0.5, 0.6) is 0 Å². The Morgan fingerprint density at radius 1 is 1.57 bits per heavy atom. The highest BCUT2D eigenvalue weighted by atomic mass is 16.2. The first-order valence-corrected chi connectivity index (χ1v) is 4.04. The summed E-state index contributed by atoms with van der Waals surface area (Å²) in [7, 11) is 1.76. The van der Waals surface area contributed by atoms with Crippen LogP contribution in [0.15, 0.2) is 24.9 Å². The quantitative estimate of drug-likeness (QED) is 0.721. The van der Waals surface area contributed by atoms with Crippen LogP contribution in [-0.4, -0.2) is 25.7 Å². The maximum atomic E-state index is 11.6. The third-order valence-corrected chi connectivity index (χ3v) is 1.81. The highest BCUT2D eigenvalue weighted by Crippen LogP contribution is 2.04. The molecule has 1 amide bonds. The fraction of sp³-hybridized carbons (Fsp3) is 0.125.